The summed E-state index contributed by atoms with van der Waals surface area (Å²) in [4.78, 5) is 15.9. The third-order valence-corrected chi connectivity index (χ3v) is 4.46. The normalized spacial score (nSPS) is 14.1. The summed E-state index contributed by atoms with van der Waals surface area (Å²) in [7, 11) is 0. The number of nitrogens with one attached hydrogen (secondary N) is 2. The number of para-hydroxylation sites is 1. The molecule has 1 heterocycles. The maximum absolute atomic E-state index is 12.4. The second-order valence-electron chi connectivity index (χ2n) is 6.29. The van der Waals surface area contributed by atoms with E-state index < -0.39 is 0 Å². The predicted molar refractivity (Wildman–Crippen MR) is 102 cm³/mol. The van der Waals surface area contributed by atoms with Gasteiger partial charge in [-0.25, -0.2) is 0 Å². The summed E-state index contributed by atoms with van der Waals surface area (Å²) < 4.78 is 0. The zero-order chi connectivity index (χ0) is 17.1. The van der Waals surface area contributed by atoms with Gasteiger partial charge < -0.3 is 10.3 Å². The molecule has 25 heavy (non-hydrogen) atoms. The minimum Gasteiger partial charge on any atom is -0.354 e. The molecule has 124 valence electrons. The van der Waals surface area contributed by atoms with Crippen LogP contribution in [-0.4, -0.2) is 10.9 Å². The monoisotopic (exact) mass is 328 g/mol. The second kappa shape index (κ2) is 6.81. The fourth-order valence-electron chi connectivity index (χ4n) is 3.24. The van der Waals surface area contributed by atoms with Crippen molar-refractivity contribution in [1.82, 2.24) is 10.3 Å². The summed E-state index contributed by atoms with van der Waals surface area (Å²) in [5.41, 5.74) is 5.15. The molecule has 0 unspecified atom stereocenters. The fraction of sp³-hybridized carbons (Fsp3) is 0.136. The van der Waals surface area contributed by atoms with Gasteiger partial charge >= 0.3 is 0 Å². The summed E-state index contributed by atoms with van der Waals surface area (Å²) in [5, 5.41) is 4.27. The Balaban J connectivity index is 1.55. The molecule has 0 fully saturated rings. The molecule has 1 amide bonds. The van der Waals surface area contributed by atoms with Crippen LogP contribution >= 0.6 is 0 Å². The van der Waals surface area contributed by atoms with E-state index in [1.165, 1.54) is 5.39 Å². The molecule has 3 aromatic rings. The molecule has 0 saturated carbocycles. The highest BCUT2D eigenvalue weighted by Crippen LogP contribution is 2.28. The van der Waals surface area contributed by atoms with Crippen LogP contribution in [0.5, 0.6) is 0 Å². The van der Waals surface area contributed by atoms with Crippen LogP contribution < -0.4 is 5.32 Å². The molecule has 0 aliphatic heterocycles. The molecule has 1 aliphatic carbocycles. The first-order chi connectivity index (χ1) is 12.3. The van der Waals surface area contributed by atoms with Crippen LogP contribution in [0.15, 0.2) is 78.5 Å². The topological polar surface area (TPSA) is 44.9 Å². The van der Waals surface area contributed by atoms with Crippen molar-refractivity contribution in [3.63, 3.8) is 0 Å². The van der Waals surface area contributed by atoms with Crippen LogP contribution in [0.2, 0.25) is 0 Å². The quantitative estimate of drug-likeness (QED) is 0.723. The number of aromatic amines is 1. The average molecular weight is 328 g/mol. The Morgan fingerprint density at radius 2 is 1.72 bits per heavy atom. The summed E-state index contributed by atoms with van der Waals surface area (Å²) >= 11 is 0. The molecule has 3 heteroatoms. The Labute approximate surface area is 147 Å². The number of allylic oxidation sites excluding steroid dienone is 3. The Kier molecular flexibility index (Phi) is 4.21. The van der Waals surface area contributed by atoms with E-state index in [-0.39, 0.29) is 5.91 Å². The SMILES string of the molecule is O=C(Cc1ccccc1)NC1=CCCC=C1c1cc2ccccc2[nH]1. The van der Waals surface area contributed by atoms with Crippen molar-refractivity contribution >= 4 is 22.4 Å². The van der Waals surface area contributed by atoms with Gasteiger partial charge in [-0.3, -0.25) is 4.79 Å². The van der Waals surface area contributed by atoms with E-state index in [0.717, 1.165) is 40.9 Å². The molecule has 0 bridgehead atoms. The molecule has 0 saturated heterocycles. The molecular formula is C22H20N2O. The summed E-state index contributed by atoms with van der Waals surface area (Å²) in [6.07, 6.45) is 6.64. The van der Waals surface area contributed by atoms with Crippen LogP contribution in [0, 0.1) is 0 Å². The molecule has 0 spiro atoms. The first kappa shape index (κ1) is 15.5. The number of carbonyl (C=O) groups is 1. The van der Waals surface area contributed by atoms with E-state index in [2.05, 4.69) is 40.7 Å². The van der Waals surface area contributed by atoms with E-state index in [1.807, 2.05) is 42.5 Å². The van der Waals surface area contributed by atoms with Gasteiger partial charge in [0, 0.05) is 27.9 Å². The molecule has 2 aromatic carbocycles. The molecule has 4 rings (SSSR count). The minimum absolute atomic E-state index is 0.0151. The number of H-pyrrole nitrogens is 1. The van der Waals surface area contributed by atoms with Gasteiger partial charge in [0.1, 0.15) is 0 Å². The van der Waals surface area contributed by atoms with Crippen molar-refractivity contribution in [3.05, 3.63) is 89.8 Å². The fourth-order valence-corrected chi connectivity index (χ4v) is 3.24. The van der Waals surface area contributed by atoms with Crippen LogP contribution in [0.1, 0.15) is 24.1 Å². The molecule has 2 N–H and O–H groups in total. The van der Waals surface area contributed by atoms with Gasteiger partial charge in [0.25, 0.3) is 0 Å². The van der Waals surface area contributed by atoms with E-state index >= 15 is 0 Å². The van der Waals surface area contributed by atoms with Crippen LogP contribution in [-0.2, 0) is 11.2 Å². The van der Waals surface area contributed by atoms with Crippen LogP contribution in [0.25, 0.3) is 16.5 Å². The number of fused-ring (bicyclic) bond motifs is 1. The van der Waals surface area contributed by atoms with Crippen LogP contribution in [0.4, 0.5) is 0 Å². The van der Waals surface area contributed by atoms with E-state index in [4.69, 9.17) is 0 Å². The molecule has 0 atom stereocenters. The average Bonchev–Trinajstić information content (AvgIpc) is 3.07. The number of rotatable bonds is 4. The molecular weight excluding hydrogens is 308 g/mol. The number of aromatic nitrogens is 1. The minimum atomic E-state index is 0.0151. The highest BCUT2D eigenvalue weighted by Gasteiger charge is 2.16. The molecule has 1 aliphatic rings. The first-order valence-electron chi connectivity index (χ1n) is 8.62. The maximum Gasteiger partial charge on any atom is 0.228 e. The summed E-state index contributed by atoms with van der Waals surface area (Å²) in [6, 6.07) is 20.2. The number of hydrogen-bond donors (Lipinski definition) is 2. The zero-order valence-electron chi connectivity index (χ0n) is 14.0. The van der Waals surface area contributed by atoms with Crippen molar-refractivity contribution in [1.29, 1.82) is 0 Å². The van der Waals surface area contributed by atoms with Gasteiger partial charge in [-0.1, -0.05) is 60.7 Å². The lowest BCUT2D eigenvalue weighted by molar-refractivity contribution is -0.119. The van der Waals surface area contributed by atoms with Crippen molar-refractivity contribution in [2.75, 3.05) is 0 Å². The third-order valence-electron chi connectivity index (χ3n) is 4.46. The summed E-state index contributed by atoms with van der Waals surface area (Å²) in [5.74, 6) is 0.0151. The lowest BCUT2D eigenvalue weighted by atomic mass is 10.00. The van der Waals surface area contributed by atoms with Gasteiger partial charge in [0.2, 0.25) is 5.91 Å². The smallest absolute Gasteiger partial charge is 0.228 e. The zero-order valence-corrected chi connectivity index (χ0v) is 14.0. The van der Waals surface area contributed by atoms with Gasteiger partial charge in [0.05, 0.1) is 6.42 Å². The van der Waals surface area contributed by atoms with Crippen molar-refractivity contribution in [2.24, 2.45) is 0 Å². The molecule has 0 radical (unpaired) electrons. The van der Waals surface area contributed by atoms with E-state index in [0.29, 0.717) is 6.42 Å². The van der Waals surface area contributed by atoms with Gasteiger partial charge in [0.15, 0.2) is 0 Å². The maximum atomic E-state index is 12.4. The Hall–Kier alpha value is -3.07. The largest absolute Gasteiger partial charge is 0.354 e. The van der Waals surface area contributed by atoms with E-state index in [9.17, 15) is 4.79 Å². The number of amides is 1. The number of benzene rings is 2. The molecule has 3 nitrogen and oxygen atoms in total. The number of hydrogen-bond acceptors (Lipinski definition) is 1. The highest BCUT2D eigenvalue weighted by atomic mass is 16.1. The highest BCUT2D eigenvalue weighted by molar-refractivity contribution is 5.91. The van der Waals surface area contributed by atoms with Gasteiger partial charge in [-0.15, -0.1) is 0 Å². The Bertz CT molecular complexity index is 931. The predicted octanol–water partition coefficient (Wildman–Crippen LogP) is 4.59. The standard InChI is InChI=1S/C22H20N2O/c25-22(14-16-8-2-1-3-9-16)24-20-13-7-5-11-18(20)21-15-17-10-4-6-12-19(17)23-21/h1-4,6,8-13,15,23H,5,7,14H2,(H,24,25). The second-order valence-corrected chi connectivity index (χ2v) is 6.29. The third kappa shape index (κ3) is 3.41. The van der Waals surface area contributed by atoms with Gasteiger partial charge in [-0.05, 0) is 30.5 Å². The molecule has 1 aromatic heterocycles. The van der Waals surface area contributed by atoms with Crippen molar-refractivity contribution in [2.45, 2.75) is 19.3 Å². The lowest BCUT2D eigenvalue weighted by Gasteiger charge is -2.16. The van der Waals surface area contributed by atoms with Crippen molar-refractivity contribution < 1.29 is 4.79 Å². The lowest BCUT2D eigenvalue weighted by Crippen LogP contribution is -2.26. The Morgan fingerprint density at radius 3 is 2.56 bits per heavy atom. The van der Waals surface area contributed by atoms with Crippen LogP contribution in [0.3, 0.4) is 0 Å². The van der Waals surface area contributed by atoms with Crippen molar-refractivity contribution in [3.8, 4) is 0 Å². The Morgan fingerprint density at radius 1 is 0.960 bits per heavy atom. The number of carbonyl (C=O) groups excluding carboxylic acids is 1. The van der Waals surface area contributed by atoms with Gasteiger partial charge in [-0.2, -0.15) is 0 Å². The first-order valence-corrected chi connectivity index (χ1v) is 8.62. The summed E-state index contributed by atoms with van der Waals surface area (Å²) in [6.45, 7) is 0. The van der Waals surface area contributed by atoms with E-state index in [1.54, 1.807) is 0 Å².